The molecule has 0 unspecified atom stereocenters. The monoisotopic (exact) mass is 188 g/mol. The smallest absolute Gasteiger partial charge is 0.248 e. The van der Waals surface area contributed by atoms with Gasteiger partial charge >= 0.3 is 0 Å². The van der Waals surface area contributed by atoms with Crippen molar-refractivity contribution in [1.82, 2.24) is 0 Å². The van der Waals surface area contributed by atoms with Gasteiger partial charge in [-0.3, -0.25) is 4.79 Å². The van der Waals surface area contributed by atoms with Crippen LogP contribution < -0.4 is 10.6 Å². The molecule has 1 aliphatic heterocycles. The average Bonchev–Trinajstić information content (AvgIpc) is 2.45. The van der Waals surface area contributed by atoms with Gasteiger partial charge in [-0.1, -0.05) is 24.3 Å². The number of fused-ring (bicyclic) bond motifs is 1. The molecule has 0 saturated heterocycles. The minimum absolute atomic E-state index is 0.0499. The van der Waals surface area contributed by atoms with E-state index in [1.165, 1.54) is 0 Å². The second-order valence-corrected chi connectivity index (χ2v) is 3.27. The Labute approximate surface area is 82.8 Å². The van der Waals surface area contributed by atoms with Gasteiger partial charge in [0.05, 0.1) is 0 Å². The highest BCUT2D eigenvalue weighted by Crippen LogP contribution is 2.33. The van der Waals surface area contributed by atoms with Gasteiger partial charge in [0.1, 0.15) is 6.04 Å². The van der Waals surface area contributed by atoms with Crippen LogP contribution in [0.3, 0.4) is 0 Å². The van der Waals surface area contributed by atoms with Crippen LogP contribution in [0.1, 0.15) is 11.6 Å². The lowest BCUT2D eigenvalue weighted by Crippen LogP contribution is -2.31. The van der Waals surface area contributed by atoms with E-state index in [2.05, 4.69) is 6.58 Å². The van der Waals surface area contributed by atoms with Crippen LogP contribution in [0.25, 0.3) is 0 Å². The van der Waals surface area contributed by atoms with Crippen molar-refractivity contribution in [3.05, 3.63) is 42.5 Å². The number of amides is 1. The van der Waals surface area contributed by atoms with Gasteiger partial charge in [-0.25, -0.2) is 0 Å². The van der Waals surface area contributed by atoms with E-state index in [4.69, 9.17) is 5.73 Å². The molecule has 1 heterocycles. The van der Waals surface area contributed by atoms with E-state index >= 15 is 0 Å². The Morgan fingerprint density at radius 2 is 2.21 bits per heavy atom. The lowest BCUT2D eigenvalue weighted by molar-refractivity contribution is -0.119. The molecular formula is C11H12N2O. The topological polar surface area (TPSA) is 46.3 Å². The zero-order valence-electron chi connectivity index (χ0n) is 7.81. The molecule has 2 rings (SSSR count). The van der Waals surface area contributed by atoms with Gasteiger partial charge in [0, 0.05) is 17.8 Å². The summed E-state index contributed by atoms with van der Waals surface area (Å²) in [5.74, 6) is -0.0499. The van der Waals surface area contributed by atoms with E-state index in [0.717, 1.165) is 11.3 Å². The number of nitrogens with zero attached hydrogens (tertiary/aromatic N) is 1. The zero-order valence-corrected chi connectivity index (χ0v) is 7.81. The Hall–Kier alpha value is -1.61. The number of carbonyl (C=O) groups is 1. The van der Waals surface area contributed by atoms with E-state index in [-0.39, 0.29) is 5.91 Å². The Kier molecular flexibility index (Phi) is 2.09. The second kappa shape index (κ2) is 3.27. The minimum atomic E-state index is -0.508. The standard InChI is InChI=1S/C11H12N2O/c1-2-7-13-9-6-4-3-5-8(9)10(12)11(13)14/h2-6,10H,1,7,12H2/t10-/m0/s1. The fraction of sp³-hybridized carbons (Fsp3) is 0.182. The Morgan fingerprint density at radius 3 is 2.93 bits per heavy atom. The number of carbonyl (C=O) groups excluding carboxylic acids is 1. The third-order valence-electron chi connectivity index (χ3n) is 2.41. The number of hydrogen-bond acceptors (Lipinski definition) is 2. The molecule has 3 nitrogen and oxygen atoms in total. The molecule has 1 aromatic carbocycles. The third-order valence-corrected chi connectivity index (χ3v) is 2.41. The van der Waals surface area contributed by atoms with Crippen LogP contribution in [0.15, 0.2) is 36.9 Å². The van der Waals surface area contributed by atoms with E-state index < -0.39 is 6.04 Å². The van der Waals surface area contributed by atoms with Crippen molar-refractivity contribution in [2.75, 3.05) is 11.4 Å². The van der Waals surface area contributed by atoms with Gasteiger partial charge in [-0.15, -0.1) is 6.58 Å². The maximum atomic E-state index is 11.7. The highest BCUT2D eigenvalue weighted by Gasteiger charge is 2.33. The van der Waals surface area contributed by atoms with Crippen molar-refractivity contribution in [2.24, 2.45) is 5.73 Å². The van der Waals surface area contributed by atoms with Crippen molar-refractivity contribution < 1.29 is 4.79 Å². The van der Waals surface area contributed by atoms with Crippen molar-refractivity contribution in [3.63, 3.8) is 0 Å². The fourth-order valence-electron chi connectivity index (χ4n) is 1.73. The molecule has 2 N–H and O–H groups in total. The van der Waals surface area contributed by atoms with Gasteiger partial charge in [-0.2, -0.15) is 0 Å². The van der Waals surface area contributed by atoms with Gasteiger partial charge in [0.25, 0.3) is 0 Å². The van der Waals surface area contributed by atoms with Crippen LogP contribution in [0.5, 0.6) is 0 Å². The summed E-state index contributed by atoms with van der Waals surface area (Å²) in [4.78, 5) is 13.4. The van der Waals surface area contributed by atoms with Crippen molar-refractivity contribution in [2.45, 2.75) is 6.04 Å². The molecule has 0 spiro atoms. The van der Waals surface area contributed by atoms with Gasteiger partial charge in [0.2, 0.25) is 5.91 Å². The number of benzene rings is 1. The predicted molar refractivity (Wildman–Crippen MR) is 55.9 cm³/mol. The van der Waals surface area contributed by atoms with E-state index in [1.54, 1.807) is 11.0 Å². The SMILES string of the molecule is C=CCN1C(=O)[C@@H](N)c2ccccc21. The lowest BCUT2D eigenvalue weighted by Gasteiger charge is -2.14. The molecule has 0 bridgehead atoms. The Morgan fingerprint density at radius 1 is 1.50 bits per heavy atom. The van der Waals surface area contributed by atoms with Gasteiger partial charge in [-0.05, 0) is 6.07 Å². The zero-order chi connectivity index (χ0) is 10.1. The first-order valence-corrected chi connectivity index (χ1v) is 4.52. The molecular weight excluding hydrogens is 176 g/mol. The first-order chi connectivity index (χ1) is 6.75. The molecule has 0 fully saturated rings. The van der Waals surface area contributed by atoms with Crippen LogP contribution in [0, 0.1) is 0 Å². The average molecular weight is 188 g/mol. The summed E-state index contributed by atoms with van der Waals surface area (Å²) >= 11 is 0. The molecule has 0 radical (unpaired) electrons. The molecule has 1 amide bonds. The van der Waals surface area contributed by atoms with E-state index in [1.807, 2.05) is 24.3 Å². The number of nitrogens with two attached hydrogens (primary N) is 1. The first-order valence-electron chi connectivity index (χ1n) is 4.52. The van der Waals surface area contributed by atoms with Gasteiger partial charge < -0.3 is 10.6 Å². The maximum Gasteiger partial charge on any atom is 0.248 e. The van der Waals surface area contributed by atoms with Crippen molar-refractivity contribution in [3.8, 4) is 0 Å². The summed E-state index contributed by atoms with van der Waals surface area (Å²) in [5.41, 5.74) is 7.59. The van der Waals surface area contributed by atoms with E-state index in [0.29, 0.717) is 6.54 Å². The third kappa shape index (κ3) is 1.14. The fourth-order valence-corrected chi connectivity index (χ4v) is 1.73. The van der Waals surface area contributed by atoms with Crippen LogP contribution in [-0.4, -0.2) is 12.5 Å². The molecule has 72 valence electrons. The highest BCUT2D eigenvalue weighted by molar-refractivity contribution is 6.04. The highest BCUT2D eigenvalue weighted by atomic mass is 16.2. The predicted octanol–water partition coefficient (Wildman–Crippen LogP) is 1.22. The normalized spacial score (nSPS) is 19.6. The molecule has 1 atom stereocenters. The molecule has 1 aromatic rings. The molecule has 3 heteroatoms. The van der Waals surface area contributed by atoms with Gasteiger partial charge in [0.15, 0.2) is 0 Å². The molecule has 0 saturated carbocycles. The van der Waals surface area contributed by atoms with E-state index in [9.17, 15) is 4.79 Å². The molecule has 14 heavy (non-hydrogen) atoms. The quantitative estimate of drug-likeness (QED) is 0.709. The molecule has 0 aliphatic carbocycles. The number of anilines is 1. The number of rotatable bonds is 2. The summed E-state index contributed by atoms with van der Waals surface area (Å²) in [6.07, 6.45) is 1.70. The summed E-state index contributed by atoms with van der Waals surface area (Å²) < 4.78 is 0. The van der Waals surface area contributed by atoms with Crippen LogP contribution in [-0.2, 0) is 4.79 Å². The Bertz CT molecular complexity index is 387. The molecule has 1 aliphatic rings. The molecule has 0 aromatic heterocycles. The maximum absolute atomic E-state index is 11.7. The van der Waals surface area contributed by atoms with Crippen molar-refractivity contribution in [1.29, 1.82) is 0 Å². The number of para-hydroxylation sites is 1. The number of hydrogen-bond donors (Lipinski definition) is 1. The first kappa shape index (κ1) is 8.97. The summed E-state index contributed by atoms with van der Waals surface area (Å²) in [5, 5.41) is 0. The van der Waals surface area contributed by atoms with Crippen LogP contribution >= 0.6 is 0 Å². The summed E-state index contributed by atoms with van der Waals surface area (Å²) in [6, 6.07) is 7.08. The van der Waals surface area contributed by atoms with Crippen molar-refractivity contribution >= 4 is 11.6 Å². The largest absolute Gasteiger partial charge is 0.316 e. The van der Waals surface area contributed by atoms with Crippen LogP contribution in [0.2, 0.25) is 0 Å². The van der Waals surface area contributed by atoms with Crippen LogP contribution in [0.4, 0.5) is 5.69 Å². The lowest BCUT2D eigenvalue weighted by atomic mass is 10.1. The summed E-state index contributed by atoms with van der Waals surface area (Å²) in [7, 11) is 0. The second-order valence-electron chi connectivity index (χ2n) is 3.27. The summed E-state index contributed by atoms with van der Waals surface area (Å²) in [6.45, 7) is 4.14. The Balaban J connectivity index is 2.47. The minimum Gasteiger partial charge on any atom is -0.316 e.